The Morgan fingerprint density at radius 1 is 1.31 bits per heavy atom. The van der Waals surface area contributed by atoms with Crippen LogP contribution in [0.1, 0.15) is 48.0 Å². The molecule has 0 bridgehead atoms. The summed E-state index contributed by atoms with van der Waals surface area (Å²) in [7, 11) is -3.61. The Morgan fingerprint density at radius 3 is 2.77 bits per heavy atom. The Balaban J connectivity index is 1.66. The average Bonchev–Trinajstić information content (AvgIpc) is 3.32. The Bertz CT molecular complexity index is 821. The lowest BCUT2D eigenvalue weighted by molar-refractivity contribution is 0.0939. The van der Waals surface area contributed by atoms with Crippen molar-refractivity contribution < 1.29 is 17.6 Å². The number of rotatable bonds is 7. The summed E-state index contributed by atoms with van der Waals surface area (Å²) in [5.41, 5.74) is 0. The van der Waals surface area contributed by atoms with Gasteiger partial charge in [0, 0.05) is 25.6 Å². The van der Waals surface area contributed by atoms with Crippen molar-refractivity contribution in [2.75, 3.05) is 13.1 Å². The molecule has 0 spiro atoms. The summed E-state index contributed by atoms with van der Waals surface area (Å²) >= 11 is 1.17. The molecule has 1 atom stereocenters. The molecule has 0 radical (unpaired) electrons. The fraction of sp³-hybridized carbons (Fsp3) is 0.500. The smallest absolute Gasteiger partial charge is 0.262 e. The Hall–Kier alpha value is -1.64. The number of thiophene rings is 1. The van der Waals surface area contributed by atoms with Gasteiger partial charge in [0.05, 0.1) is 6.26 Å². The number of carbonyl (C=O) groups excluding carboxylic acids is 1. The van der Waals surface area contributed by atoms with Crippen LogP contribution in [0.3, 0.4) is 0 Å². The maximum absolute atomic E-state index is 12.9. The van der Waals surface area contributed by atoms with Crippen molar-refractivity contribution >= 4 is 27.3 Å². The van der Waals surface area contributed by atoms with Crippen molar-refractivity contribution in [3.8, 4) is 0 Å². The van der Waals surface area contributed by atoms with Crippen molar-refractivity contribution in [2.24, 2.45) is 0 Å². The topological polar surface area (TPSA) is 79.6 Å². The van der Waals surface area contributed by atoms with Crippen molar-refractivity contribution in [1.29, 1.82) is 0 Å². The molecular weight excluding hydrogens is 372 g/mol. The summed E-state index contributed by atoms with van der Waals surface area (Å²) in [4.78, 5) is 13.0. The maximum atomic E-state index is 12.9. The van der Waals surface area contributed by atoms with Crippen LogP contribution in [0, 0.1) is 0 Å². The van der Waals surface area contributed by atoms with Gasteiger partial charge in [-0.3, -0.25) is 4.79 Å². The zero-order valence-electron chi connectivity index (χ0n) is 14.8. The van der Waals surface area contributed by atoms with Gasteiger partial charge >= 0.3 is 0 Å². The second-order valence-corrected chi connectivity index (χ2v) is 9.39. The molecule has 3 rings (SSSR count). The van der Waals surface area contributed by atoms with Crippen LogP contribution in [0.2, 0.25) is 0 Å². The van der Waals surface area contributed by atoms with Gasteiger partial charge in [0.1, 0.15) is 15.5 Å². The third-order valence-electron chi connectivity index (χ3n) is 4.55. The number of hydrogen-bond acceptors (Lipinski definition) is 5. The lowest BCUT2D eigenvalue weighted by Crippen LogP contribution is -2.37. The van der Waals surface area contributed by atoms with Crippen LogP contribution < -0.4 is 5.32 Å². The number of nitrogens with zero attached hydrogens (tertiary/aromatic N) is 1. The number of sulfonamides is 1. The third kappa shape index (κ3) is 4.36. The molecule has 8 heteroatoms. The molecule has 2 aromatic heterocycles. The number of carbonyl (C=O) groups is 1. The van der Waals surface area contributed by atoms with E-state index in [1.807, 2.05) is 19.1 Å². The highest BCUT2D eigenvalue weighted by Gasteiger charge is 2.31. The molecule has 0 aliphatic carbocycles. The van der Waals surface area contributed by atoms with Crippen LogP contribution >= 0.6 is 11.3 Å². The van der Waals surface area contributed by atoms with Crippen LogP contribution in [-0.4, -0.2) is 37.8 Å². The number of hydrogen-bond donors (Lipinski definition) is 1. The quantitative estimate of drug-likeness (QED) is 0.779. The normalized spacial score (nSPS) is 17.1. The molecule has 1 unspecified atom stereocenters. The first-order valence-corrected chi connectivity index (χ1v) is 11.2. The predicted molar refractivity (Wildman–Crippen MR) is 101 cm³/mol. The molecule has 6 nitrogen and oxygen atoms in total. The molecule has 0 aromatic carbocycles. The van der Waals surface area contributed by atoms with E-state index in [0.29, 0.717) is 13.1 Å². The van der Waals surface area contributed by atoms with Gasteiger partial charge in [-0.1, -0.05) is 6.42 Å². The third-order valence-corrected chi connectivity index (χ3v) is 7.53. The maximum Gasteiger partial charge on any atom is 0.262 e. The minimum Gasteiger partial charge on any atom is -0.469 e. The summed E-state index contributed by atoms with van der Waals surface area (Å²) in [5, 5.41) is 4.57. The largest absolute Gasteiger partial charge is 0.469 e. The lowest BCUT2D eigenvalue weighted by atomic mass is 10.1. The number of piperidine rings is 1. The molecule has 1 N–H and O–H groups in total. The van der Waals surface area contributed by atoms with Gasteiger partial charge in [-0.25, -0.2) is 8.42 Å². The van der Waals surface area contributed by atoms with Crippen molar-refractivity contribution in [3.63, 3.8) is 0 Å². The van der Waals surface area contributed by atoms with Gasteiger partial charge in [0.25, 0.3) is 5.91 Å². The van der Waals surface area contributed by atoms with Crippen LogP contribution in [0.25, 0.3) is 0 Å². The monoisotopic (exact) mass is 396 g/mol. The number of aryl methyl sites for hydroxylation is 1. The number of nitrogens with one attached hydrogen (secondary N) is 1. The van der Waals surface area contributed by atoms with Gasteiger partial charge < -0.3 is 9.73 Å². The first-order chi connectivity index (χ1) is 12.5. The highest BCUT2D eigenvalue weighted by Crippen LogP contribution is 2.27. The van der Waals surface area contributed by atoms with Crippen molar-refractivity contribution in [2.45, 2.75) is 50.0 Å². The standard InChI is InChI=1S/C18H24N2O4S2/c1-14(7-8-15-6-5-12-24-15)19-18(21)17-16(9-13-25-17)26(22,23)20-10-3-2-4-11-20/h5-6,9,12-14H,2-4,7-8,10-11H2,1H3,(H,19,21). The van der Waals surface area contributed by atoms with E-state index < -0.39 is 10.0 Å². The van der Waals surface area contributed by atoms with Crippen molar-refractivity contribution in [3.05, 3.63) is 40.5 Å². The highest BCUT2D eigenvalue weighted by atomic mass is 32.2. The summed E-state index contributed by atoms with van der Waals surface area (Å²) in [6, 6.07) is 5.19. The molecule has 0 saturated carbocycles. The molecule has 2 aromatic rings. The van der Waals surface area contributed by atoms with E-state index in [9.17, 15) is 13.2 Å². The Kier molecular flexibility index (Phi) is 6.16. The SMILES string of the molecule is CC(CCc1ccco1)NC(=O)c1sccc1S(=O)(=O)N1CCCCC1. The molecule has 1 aliphatic heterocycles. The fourth-order valence-electron chi connectivity index (χ4n) is 3.09. The van der Waals surface area contributed by atoms with Crippen molar-refractivity contribution in [1.82, 2.24) is 9.62 Å². The van der Waals surface area contributed by atoms with Gasteiger partial charge in [-0.05, 0) is 49.8 Å². The van der Waals surface area contributed by atoms with E-state index in [1.54, 1.807) is 11.6 Å². The molecule has 142 valence electrons. The summed E-state index contributed by atoms with van der Waals surface area (Å²) < 4.78 is 32.6. The zero-order chi connectivity index (χ0) is 18.6. The van der Waals surface area contributed by atoms with Crippen LogP contribution in [0.4, 0.5) is 0 Å². The summed E-state index contributed by atoms with van der Waals surface area (Å²) in [6.45, 7) is 2.96. The van der Waals surface area contributed by atoms with E-state index in [0.717, 1.165) is 37.9 Å². The second kappa shape index (κ2) is 8.37. The fourth-order valence-corrected chi connectivity index (χ4v) is 5.91. The molecule has 1 fully saturated rings. The van der Waals surface area contributed by atoms with Gasteiger partial charge in [0.2, 0.25) is 10.0 Å². The molecule has 3 heterocycles. The predicted octanol–water partition coefficient (Wildman–Crippen LogP) is 3.27. The van der Waals surface area contributed by atoms with Crippen LogP contribution in [-0.2, 0) is 16.4 Å². The molecule has 26 heavy (non-hydrogen) atoms. The van der Waals surface area contributed by atoms with Gasteiger partial charge in [-0.15, -0.1) is 11.3 Å². The Morgan fingerprint density at radius 2 is 2.08 bits per heavy atom. The van der Waals surface area contributed by atoms with Crippen LogP contribution in [0.15, 0.2) is 39.2 Å². The zero-order valence-corrected chi connectivity index (χ0v) is 16.4. The minimum atomic E-state index is -3.61. The van der Waals surface area contributed by atoms with E-state index in [2.05, 4.69) is 5.32 Å². The van der Waals surface area contributed by atoms with E-state index in [1.165, 1.54) is 21.7 Å². The molecule has 1 amide bonds. The number of furan rings is 1. The van der Waals surface area contributed by atoms with Gasteiger partial charge in [-0.2, -0.15) is 4.31 Å². The molecular formula is C18H24N2O4S2. The highest BCUT2D eigenvalue weighted by molar-refractivity contribution is 7.89. The first-order valence-electron chi connectivity index (χ1n) is 8.89. The summed E-state index contributed by atoms with van der Waals surface area (Å²) in [5.74, 6) is 0.540. The Labute approximate surface area is 158 Å². The van der Waals surface area contributed by atoms with E-state index in [-0.39, 0.29) is 21.7 Å². The number of amides is 1. The van der Waals surface area contributed by atoms with Gasteiger partial charge in [0.15, 0.2) is 0 Å². The average molecular weight is 397 g/mol. The minimum absolute atomic E-state index is 0.0831. The van der Waals surface area contributed by atoms with E-state index >= 15 is 0 Å². The molecule has 1 saturated heterocycles. The second-order valence-electron chi connectivity index (χ2n) is 6.57. The van der Waals surface area contributed by atoms with Crippen LogP contribution in [0.5, 0.6) is 0 Å². The first kappa shape index (κ1) is 19.1. The molecule has 1 aliphatic rings. The lowest BCUT2D eigenvalue weighted by Gasteiger charge is -2.26. The summed E-state index contributed by atoms with van der Waals surface area (Å²) in [6.07, 6.45) is 5.86. The van der Waals surface area contributed by atoms with E-state index in [4.69, 9.17) is 4.42 Å².